The Balaban J connectivity index is 1.79. The van der Waals surface area contributed by atoms with Gasteiger partial charge in [0.05, 0.1) is 17.8 Å². The van der Waals surface area contributed by atoms with Crippen LogP contribution in [-0.4, -0.2) is 65.9 Å². The maximum Gasteiger partial charge on any atom is 0.411 e. The molecule has 2 atom stereocenters. The Bertz CT molecular complexity index is 925. The SMILES string of the molecule is CO[C@H](C)C(=O)Nc1n[nH]c2c1CN(C(=O)O[C@H](CN(C)C)c1ccccc1)C2(C)C. The quantitative estimate of drug-likeness (QED) is 0.702. The van der Waals surface area contributed by atoms with E-state index in [1.54, 1.807) is 11.8 Å². The molecule has 1 aromatic heterocycles. The number of nitrogens with one attached hydrogen (secondary N) is 2. The van der Waals surface area contributed by atoms with Gasteiger partial charge in [-0.2, -0.15) is 5.10 Å². The van der Waals surface area contributed by atoms with E-state index in [9.17, 15) is 9.59 Å². The summed E-state index contributed by atoms with van der Waals surface area (Å²) in [6, 6.07) is 9.69. The van der Waals surface area contributed by atoms with E-state index in [0.717, 1.165) is 16.8 Å². The minimum absolute atomic E-state index is 0.276. The van der Waals surface area contributed by atoms with Crippen molar-refractivity contribution in [1.29, 1.82) is 0 Å². The Morgan fingerprint density at radius 1 is 1.29 bits per heavy atom. The number of fused-ring (bicyclic) bond motifs is 1. The van der Waals surface area contributed by atoms with Crippen LogP contribution in [0.25, 0.3) is 0 Å². The molecule has 168 valence electrons. The van der Waals surface area contributed by atoms with Gasteiger partial charge in [-0.15, -0.1) is 0 Å². The summed E-state index contributed by atoms with van der Waals surface area (Å²) in [5, 5.41) is 9.98. The van der Waals surface area contributed by atoms with Gasteiger partial charge < -0.3 is 19.7 Å². The molecule has 0 radical (unpaired) electrons. The monoisotopic (exact) mass is 429 g/mol. The zero-order chi connectivity index (χ0) is 22.8. The fraction of sp³-hybridized carbons (Fsp3) is 0.500. The molecule has 0 spiro atoms. The van der Waals surface area contributed by atoms with Crippen molar-refractivity contribution in [3.63, 3.8) is 0 Å². The molecule has 2 amide bonds. The van der Waals surface area contributed by atoms with Crippen LogP contribution in [0.3, 0.4) is 0 Å². The normalized spacial score (nSPS) is 16.7. The molecule has 0 saturated heterocycles. The number of aromatic amines is 1. The molecular weight excluding hydrogens is 398 g/mol. The van der Waals surface area contributed by atoms with Gasteiger partial charge in [0.1, 0.15) is 12.2 Å². The highest BCUT2D eigenvalue weighted by Gasteiger charge is 2.45. The van der Waals surface area contributed by atoms with E-state index in [1.165, 1.54) is 7.11 Å². The highest BCUT2D eigenvalue weighted by Crippen LogP contribution is 2.41. The Morgan fingerprint density at radius 2 is 1.97 bits per heavy atom. The van der Waals surface area contributed by atoms with Crippen LogP contribution in [0.15, 0.2) is 30.3 Å². The average Bonchev–Trinajstić information content (AvgIpc) is 3.25. The number of carbonyl (C=O) groups excluding carboxylic acids is 2. The maximum absolute atomic E-state index is 13.2. The molecule has 0 saturated carbocycles. The smallest absolute Gasteiger partial charge is 0.411 e. The van der Waals surface area contributed by atoms with Crippen molar-refractivity contribution in [2.24, 2.45) is 0 Å². The summed E-state index contributed by atoms with van der Waals surface area (Å²) in [7, 11) is 5.35. The van der Waals surface area contributed by atoms with Crippen molar-refractivity contribution >= 4 is 17.8 Å². The number of hydrogen-bond donors (Lipinski definition) is 2. The number of H-pyrrole nitrogens is 1. The number of rotatable bonds is 7. The van der Waals surface area contributed by atoms with Crippen LogP contribution in [0, 0.1) is 0 Å². The van der Waals surface area contributed by atoms with Crippen LogP contribution >= 0.6 is 0 Å². The first-order chi connectivity index (χ1) is 14.6. The Labute approximate surface area is 182 Å². The summed E-state index contributed by atoms with van der Waals surface area (Å²) in [5.41, 5.74) is 1.80. The first-order valence-electron chi connectivity index (χ1n) is 10.2. The van der Waals surface area contributed by atoms with Crippen molar-refractivity contribution in [3.05, 3.63) is 47.2 Å². The molecule has 3 rings (SSSR count). The van der Waals surface area contributed by atoms with Gasteiger partial charge in [-0.05, 0) is 40.4 Å². The Kier molecular flexibility index (Phi) is 6.66. The standard InChI is InChI=1S/C22H31N5O4/c1-14(30-6)20(28)23-19-16-12-27(22(2,3)18(16)24-25-19)21(29)31-17(13-26(4)5)15-10-8-7-9-11-15/h7-11,14,17H,12-13H2,1-6H3,(H2,23,24,25,28)/t14-,17-/m1/s1. The lowest BCUT2D eigenvalue weighted by molar-refractivity contribution is -0.124. The van der Waals surface area contributed by atoms with Crippen LogP contribution in [-0.2, 0) is 26.4 Å². The number of methoxy groups -OCH3 is 1. The van der Waals surface area contributed by atoms with Crippen molar-refractivity contribution in [1.82, 2.24) is 20.0 Å². The summed E-state index contributed by atoms with van der Waals surface area (Å²) in [6.07, 6.45) is -1.44. The second kappa shape index (κ2) is 9.07. The fourth-order valence-electron chi connectivity index (χ4n) is 3.63. The minimum atomic E-state index is -0.672. The Hall–Kier alpha value is -2.91. The van der Waals surface area contributed by atoms with Crippen molar-refractivity contribution in [2.45, 2.75) is 45.1 Å². The average molecular weight is 430 g/mol. The van der Waals surface area contributed by atoms with E-state index < -0.39 is 23.8 Å². The lowest BCUT2D eigenvalue weighted by atomic mass is 10.0. The topological polar surface area (TPSA) is 99.8 Å². The lowest BCUT2D eigenvalue weighted by Gasteiger charge is -2.33. The van der Waals surface area contributed by atoms with Crippen LogP contribution in [0.1, 0.15) is 43.7 Å². The number of aromatic nitrogens is 2. The lowest BCUT2D eigenvalue weighted by Crippen LogP contribution is -2.42. The largest absolute Gasteiger partial charge is 0.440 e. The number of amides is 2. The number of ether oxygens (including phenoxy) is 2. The zero-order valence-corrected chi connectivity index (χ0v) is 18.9. The van der Waals surface area contributed by atoms with Crippen molar-refractivity contribution in [2.75, 3.05) is 33.1 Å². The molecule has 2 aromatic rings. The zero-order valence-electron chi connectivity index (χ0n) is 18.9. The first kappa shape index (κ1) is 22.8. The number of carbonyl (C=O) groups is 2. The molecule has 2 heterocycles. The third kappa shape index (κ3) is 4.72. The van der Waals surface area contributed by atoms with E-state index in [4.69, 9.17) is 9.47 Å². The number of hydrogen-bond acceptors (Lipinski definition) is 6. The van der Waals surface area contributed by atoms with Gasteiger partial charge in [0.2, 0.25) is 0 Å². The van der Waals surface area contributed by atoms with E-state index in [1.807, 2.05) is 63.2 Å². The van der Waals surface area contributed by atoms with Gasteiger partial charge in [-0.3, -0.25) is 14.8 Å². The second-order valence-corrected chi connectivity index (χ2v) is 8.48. The van der Waals surface area contributed by atoms with Gasteiger partial charge in [0, 0.05) is 19.2 Å². The summed E-state index contributed by atoms with van der Waals surface area (Å²) < 4.78 is 11.0. The van der Waals surface area contributed by atoms with Crippen molar-refractivity contribution in [3.8, 4) is 0 Å². The maximum atomic E-state index is 13.2. The predicted molar refractivity (Wildman–Crippen MR) is 116 cm³/mol. The number of anilines is 1. The molecular formula is C22H31N5O4. The van der Waals surface area contributed by atoms with Crippen molar-refractivity contribution < 1.29 is 19.1 Å². The summed E-state index contributed by atoms with van der Waals surface area (Å²) >= 11 is 0. The van der Waals surface area contributed by atoms with Gasteiger partial charge in [0.15, 0.2) is 5.82 Å². The van der Waals surface area contributed by atoms with Crippen LogP contribution in [0.5, 0.6) is 0 Å². The molecule has 1 aliphatic heterocycles. The molecule has 9 nitrogen and oxygen atoms in total. The molecule has 1 aliphatic rings. The molecule has 0 bridgehead atoms. The third-order valence-electron chi connectivity index (χ3n) is 5.60. The van der Waals surface area contributed by atoms with Gasteiger partial charge >= 0.3 is 6.09 Å². The molecule has 2 N–H and O–H groups in total. The van der Waals surface area contributed by atoms with E-state index in [-0.39, 0.29) is 12.5 Å². The molecule has 0 aliphatic carbocycles. The molecule has 0 fully saturated rings. The number of likely N-dealkylation sites (N-methyl/N-ethyl adjacent to an activating group) is 1. The van der Waals surface area contributed by atoms with E-state index in [2.05, 4.69) is 15.5 Å². The summed E-state index contributed by atoms with van der Waals surface area (Å²) in [4.78, 5) is 29.1. The molecule has 1 aromatic carbocycles. The third-order valence-corrected chi connectivity index (χ3v) is 5.60. The number of nitrogens with zero attached hydrogens (tertiary/aromatic N) is 3. The summed E-state index contributed by atoms with van der Waals surface area (Å²) in [6.45, 7) is 6.34. The predicted octanol–water partition coefficient (Wildman–Crippen LogP) is 2.87. The first-order valence-corrected chi connectivity index (χ1v) is 10.2. The molecule has 9 heteroatoms. The molecule has 31 heavy (non-hydrogen) atoms. The highest BCUT2D eigenvalue weighted by atomic mass is 16.6. The van der Waals surface area contributed by atoms with E-state index >= 15 is 0 Å². The van der Waals surface area contributed by atoms with Gasteiger partial charge in [0.25, 0.3) is 5.91 Å². The number of benzene rings is 1. The fourth-order valence-corrected chi connectivity index (χ4v) is 3.63. The van der Waals surface area contributed by atoms with Crippen LogP contribution in [0.4, 0.5) is 10.6 Å². The Morgan fingerprint density at radius 3 is 2.58 bits per heavy atom. The van der Waals surface area contributed by atoms with E-state index in [0.29, 0.717) is 12.4 Å². The highest BCUT2D eigenvalue weighted by molar-refractivity contribution is 5.94. The van der Waals surface area contributed by atoms with Gasteiger partial charge in [-0.1, -0.05) is 30.3 Å². The van der Waals surface area contributed by atoms with Gasteiger partial charge in [-0.25, -0.2) is 4.79 Å². The molecule has 0 unspecified atom stereocenters. The minimum Gasteiger partial charge on any atom is -0.440 e. The van der Waals surface area contributed by atoms with Crippen LogP contribution in [0.2, 0.25) is 0 Å². The second-order valence-electron chi connectivity index (χ2n) is 8.48. The summed E-state index contributed by atoms with van der Waals surface area (Å²) in [5.74, 6) is 0.103. The van der Waals surface area contributed by atoms with Crippen LogP contribution < -0.4 is 5.32 Å².